The van der Waals surface area contributed by atoms with E-state index in [1.165, 1.54) is 14.2 Å². The molecule has 1 aromatic rings. The molecule has 1 heterocycles. The highest BCUT2D eigenvalue weighted by Crippen LogP contribution is 2.52. The normalized spacial score (nSPS) is 27.6. The van der Waals surface area contributed by atoms with E-state index in [1.54, 1.807) is 6.07 Å². The third kappa shape index (κ3) is 3.19. The number of esters is 1. The van der Waals surface area contributed by atoms with Gasteiger partial charge in [-0.25, -0.2) is 4.79 Å². The molecule has 0 N–H and O–H groups in total. The van der Waals surface area contributed by atoms with Gasteiger partial charge in [-0.3, -0.25) is 4.79 Å². The average molecular weight is 389 g/mol. The van der Waals surface area contributed by atoms with Crippen molar-refractivity contribution in [2.75, 3.05) is 14.2 Å². The van der Waals surface area contributed by atoms with E-state index >= 15 is 0 Å². The van der Waals surface area contributed by atoms with Crippen LogP contribution >= 0.6 is 0 Å². The van der Waals surface area contributed by atoms with E-state index in [-0.39, 0.29) is 23.0 Å². The number of fused-ring (bicyclic) bond motifs is 1. The second-order valence-corrected chi connectivity index (χ2v) is 9.15. The van der Waals surface area contributed by atoms with Crippen molar-refractivity contribution < 1.29 is 23.8 Å². The monoisotopic (exact) mass is 388 g/mol. The largest absolute Gasteiger partial charge is 0.493 e. The van der Waals surface area contributed by atoms with Crippen LogP contribution in [0.15, 0.2) is 12.1 Å². The van der Waals surface area contributed by atoms with Gasteiger partial charge in [0.25, 0.3) is 0 Å². The van der Waals surface area contributed by atoms with Crippen molar-refractivity contribution in [3.8, 4) is 11.5 Å². The molecule has 1 aromatic carbocycles. The van der Waals surface area contributed by atoms with Gasteiger partial charge in [0.05, 0.1) is 20.1 Å². The van der Waals surface area contributed by atoms with Crippen molar-refractivity contribution >= 4 is 11.8 Å². The number of cyclic esters (lactones) is 1. The number of Topliss-reactive ketones (excluding diaryl/α,β-unsaturated/α-hetero) is 1. The zero-order chi connectivity index (χ0) is 20.8. The maximum Gasteiger partial charge on any atom is 0.343 e. The first-order valence-corrected chi connectivity index (χ1v) is 10.1. The Morgan fingerprint density at radius 1 is 1.11 bits per heavy atom. The molecule has 0 amide bonds. The number of carbonyl (C=O) groups is 2. The number of benzene rings is 1. The summed E-state index contributed by atoms with van der Waals surface area (Å²) in [5, 5.41) is 0. The van der Waals surface area contributed by atoms with E-state index in [1.807, 2.05) is 13.0 Å². The molecule has 1 saturated carbocycles. The van der Waals surface area contributed by atoms with Gasteiger partial charge in [-0.1, -0.05) is 40.7 Å². The minimum atomic E-state index is -0.553. The Morgan fingerprint density at radius 2 is 1.79 bits per heavy atom. The van der Waals surface area contributed by atoms with Crippen LogP contribution in [0, 0.1) is 29.1 Å². The van der Waals surface area contributed by atoms with E-state index in [2.05, 4.69) is 27.7 Å². The van der Waals surface area contributed by atoms with E-state index in [9.17, 15) is 9.59 Å². The fourth-order valence-electron chi connectivity index (χ4n) is 4.71. The maximum atomic E-state index is 13.1. The molecule has 1 aliphatic heterocycles. The quantitative estimate of drug-likeness (QED) is 0.676. The molecule has 3 rings (SSSR count). The highest BCUT2D eigenvalue weighted by atomic mass is 16.6. The zero-order valence-electron chi connectivity index (χ0n) is 18.0. The summed E-state index contributed by atoms with van der Waals surface area (Å²) in [6, 6.07) is 3.61. The second-order valence-electron chi connectivity index (χ2n) is 9.15. The van der Waals surface area contributed by atoms with Crippen molar-refractivity contribution in [1.82, 2.24) is 0 Å². The first-order chi connectivity index (χ1) is 13.1. The SMILES string of the molecule is COc1ccc2c(c1OC)C(=O)O[C@H]2[C@@H]1C[C@H](C(C)(C)C(C)C)C[C@H](C)C1=O. The molecule has 1 aliphatic carbocycles. The van der Waals surface area contributed by atoms with Gasteiger partial charge in [0.15, 0.2) is 11.5 Å². The molecule has 5 nitrogen and oxygen atoms in total. The minimum Gasteiger partial charge on any atom is -0.493 e. The molecule has 0 saturated heterocycles. The Balaban J connectivity index is 2.00. The fraction of sp³-hybridized carbons (Fsp3) is 0.652. The summed E-state index contributed by atoms with van der Waals surface area (Å²) in [6.45, 7) is 11.0. The summed E-state index contributed by atoms with van der Waals surface area (Å²) in [5.41, 5.74) is 1.23. The molecule has 0 aromatic heterocycles. The standard InChI is InChI=1S/C23H32O5/c1-12(2)23(4,5)14-10-13(3)19(24)16(11-14)20-15-8-9-17(26-6)21(27-7)18(15)22(25)28-20/h8-9,12-14,16,20H,10-11H2,1-7H3/t13-,14+,16+,20+/m0/s1. The lowest BCUT2D eigenvalue weighted by Crippen LogP contribution is -2.42. The minimum absolute atomic E-state index is 0.0373. The predicted molar refractivity (Wildman–Crippen MR) is 107 cm³/mol. The number of rotatable bonds is 5. The van der Waals surface area contributed by atoms with Crippen LogP contribution in [0.25, 0.3) is 0 Å². The summed E-state index contributed by atoms with van der Waals surface area (Å²) < 4.78 is 16.5. The van der Waals surface area contributed by atoms with Crippen molar-refractivity contribution in [3.05, 3.63) is 23.3 Å². The van der Waals surface area contributed by atoms with Crippen LogP contribution in [0.1, 0.15) is 69.5 Å². The number of hydrogen-bond acceptors (Lipinski definition) is 5. The topological polar surface area (TPSA) is 61.8 Å². The molecule has 2 aliphatic rings. The number of ether oxygens (including phenoxy) is 3. The Hall–Kier alpha value is -2.04. The summed E-state index contributed by atoms with van der Waals surface area (Å²) in [7, 11) is 3.04. The highest BCUT2D eigenvalue weighted by Gasteiger charge is 2.49. The van der Waals surface area contributed by atoms with Crippen LogP contribution in [0.5, 0.6) is 11.5 Å². The third-order valence-electron chi connectivity index (χ3n) is 7.26. The van der Waals surface area contributed by atoms with Crippen LogP contribution in [-0.4, -0.2) is 26.0 Å². The van der Waals surface area contributed by atoms with Crippen LogP contribution in [-0.2, 0) is 9.53 Å². The van der Waals surface area contributed by atoms with Crippen molar-refractivity contribution in [1.29, 1.82) is 0 Å². The molecule has 0 radical (unpaired) electrons. The van der Waals surface area contributed by atoms with Crippen molar-refractivity contribution in [2.45, 2.75) is 53.6 Å². The molecule has 0 unspecified atom stereocenters. The Labute approximate surface area is 167 Å². The van der Waals surface area contributed by atoms with E-state index in [0.29, 0.717) is 28.9 Å². The number of ketones is 1. The van der Waals surface area contributed by atoms with Crippen LogP contribution in [0.3, 0.4) is 0 Å². The van der Waals surface area contributed by atoms with Crippen molar-refractivity contribution in [2.24, 2.45) is 29.1 Å². The first-order valence-electron chi connectivity index (χ1n) is 10.1. The molecule has 4 atom stereocenters. The molecule has 0 spiro atoms. The lowest BCUT2D eigenvalue weighted by molar-refractivity contribution is -0.136. The van der Waals surface area contributed by atoms with E-state index in [0.717, 1.165) is 18.4 Å². The third-order valence-corrected chi connectivity index (χ3v) is 7.26. The molecule has 28 heavy (non-hydrogen) atoms. The molecule has 154 valence electrons. The summed E-state index contributed by atoms with van der Waals surface area (Å²) in [6.07, 6.45) is 1.07. The van der Waals surface area contributed by atoms with Crippen LogP contribution in [0.2, 0.25) is 0 Å². The fourth-order valence-corrected chi connectivity index (χ4v) is 4.71. The first kappa shape index (κ1) is 20.7. The van der Waals surface area contributed by atoms with Gasteiger partial charge in [-0.15, -0.1) is 0 Å². The highest BCUT2D eigenvalue weighted by molar-refractivity contribution is 5.99. The zero-order valence-corrected chi connectivity index (χ0v) is 18.0. The molecule has 5 heteroatoms. The van der Waals surface area contributed by atoms with Gasteiger partial charge < -0.3 is 14.2 Å². The van der Waals surface area contributed by atoms with Crippen LogP contribution in [0.4, 0.5) is 0 Å². The Kier molecular flexibility index (Phi) is 5.48. The lowest BCUT2D eigenvalue weighted by atomic mass is 9.60. The average Bonchev–Trinajstić information content (AvgIpc) is 2.99. The van der Waals surface area contributed by atoms with E-state index < -0.39 is 12.1 Å². The van der Waals surface area contributed by atoms with Gasteiger partial charge in [0.1, 0.15) is 17.5 Å². The molecular weight excluding hydrogens is 356 g/mol. The Bertz CT molecular complexity index is 779. The van der Waals surface area contributed by atoms with Gasteiger partial charge in [0, 0.05) is 11.5 Å². The number of carbonyl (C=O) groups excluding carboxylic acids is 2. The smallest absolute Gasteiger partial charge is 0.343 e. The number of hydrogen-bond donors (Lipinski definition) is 0. The molecule has 1 fully saturated rings. The van der Waals surface area contributed by atoms with Gasteiger partial charge in [0.2, 0.25) is 0 Å². The summed E-state index contributed by atoms with van der Waals surface area (Å²) >= 11 is 0. The van der Waals surface area contributed by atoms with Crippen LogP contribution < -0.4 is 9.47 Å². The Morgan fingerprint density at radius 3 is 2.36 bits per heavy atom. The molecular formula is C23H32O5. The second kappa shape index (κ2) is 7.41. The number of methoxy groups -OCH3 is 2. The molecule has 0 bridgehead atoms. The van der Waals surface area contributed by atoms with Gasteiger partial charge in [-0.2, -0.15) is 0 Å². The predicted octanol–water partition coefficient (Wildman–Crippen LogP) is 4.83. The van der Waals surface area contributed by atoms with Gasteiger partial charge >= 0.3 is 5.97 Å². The summed E-state index contributed by atoms with van der Waals surface area (Å²) in [5.74, 6) is 1.15. The van der Waals surface area contributed by atoms with Gasteiger partial charge in [-0.05, 0) is 36.2 Å². The summed E-state index contributed by atoms with van der Waals surface area (Å²) in [4.78, 5) is 25.8. The lowest BCUT2D eigenvalue weighted by Gasteiger charge is -2.45. The van der Waals surface area contributed by atoms with Crippen molar-refractivity contribution in [3.63, 3.8) is 0 Å². The van der Waals surface area contributed by atoms with E-state index in [4.69, 9.17) is 14.2 Å². The maximum absolute atomic E-state index is 13.1.